The van der Waals surface area contributed by atoms with E-state index in [9.17, 15) is 14.9 Å². The molecule has 1 fully saturated rings. The van der Waals surface area contributed by atoms with Crippen molar-refractivity contribution < 1.29 is 9.72 Å². The molecule has 0 aliphatic carbocycles. The number of nitrogens with zero attached hydrogens (tertiary/aromatic N) is 3. The first kappa shape index (κ1) is 20.1. The minimum atomic E-state index is -0.424. The van der Waals surface area contributed by atoms with Gasteiger partial charge in [-0.3, -0.25) is 19.8 Å². The number of benzene rings is 1. The van der Waals surface area contributed by atoms with Crippen LogP contribution in [0, 0.1) is 10.1 Å². The second-order valence-electron chi connectivity index (χ2n) is 6.32. The molecule has 1 aliphatic rings. The summed E-state index contributed by atoms with van der Waals surface area (Å²) in [5, 5.41) is 10.5. The summed E-state index contributed by atoms with van der Waals surface area (Å²) in [5.41, 5.74) is 0.0569. The summed E-state index contributed by atoms with van der Waals surface area (Å²) in [6, 6.07) is 10.3. The Kier molecular flexibility index (Phi) is 6.75. The van der Waals surface area contributed by atoms with Crippen molar-refractivity contribution in [3.63, 3.8) is 0 Å². The number of hydrogen-bond acceptors (Lipinski definition) is 6. The van der Waals surface area contributed by atoms with Gasteiger partial charge >= 0.3 is 0 Å². The second-order valence-corrected chi connectivity index (χ2v) is 9.53. The fourth-order valence-electron chi connectivity index (χ4n) is 2.94. The van der Waals surface area contributed by atoms with Crippen molar-refractivity contribution in [1.29, 1.82) is 0 Å². The number of nitro benzene ring substituents is 1. The topological polar surface area (TPSA) is 66.7 Å². The van der Waals surface area contributed by atoms with Gasteiger partial charge in [-0.05, 0) is 31.2 Å². The van der Waals surface area contributed by atoms with Gasteiger partial charge in [0.15, 0.2) is 0 Å². The molecule has 144 valence electrons. The lowest BCUT2D eigenvalue weighted by molar-refractivity contribution is -0.384. The largest absolute Gasteiger partial charge is 0.339 e. The zero-order chi connectivity index (χ0) is 19.4. The van der Waals surface area contributed by atoms with E-state index in [0.717, 1.165) is 28.9 Å². The zero-order valence-corrected chi connectivity index (χ0v) is 17.2. The minimum absolute atomic E-state index is 0.0569. The van der Waals surface area contributed by atoms with Gasteiger partial charge in [0.05, 0.1) is 14.5 Å². The van der Waals surface area contributed by atoms with E-state index in [2.05, 4.69) is 4.90 Å². The summed E-state index contributed by atoms with van der Waals surface area (Å²) in [6.07, 6.45) is 0. The van der Waals surface area contributed by atoms with E-state index in [-0.39, 0.29) is 16.8 Å². The van der Waals surface area contributed by atoms with Crippen LogP contribution < -0.4 is 0 Å². The van der Waals surface area contributed by atoms with Crippen LogP contribution in [0.4, 0.5) is 5.69 Å². The third-order valence-corrected chi connectivity index (χ3v) is 6.72. The van der Waals surface area contributed by atoms with E-state index >= 15 is 0 Å². The Morgan fingerprint density at radius 2 is 1.89 bits per heavy atom. The molecule has 6 nitrogen and oxygen atoms in total. The van der Waals surface area contributed by atoms with E-state index in [0.29, 0.717) is 13.1 Å². The number of piperazine rings is 1. The van der Waals surface area contributed by atoms with Crippen molar-refractivity contribution in [2.45, 2.75) is 23.6 Å². The number of halogens is 1. The number of carbonyl (C=O) groups is 1. The molecule has 1 aliphatic heterocycles. The number of rotatable bonds is 6. The van der Waals surface area contributed by atoms with E-state index in [1.807, 2.05) is 24.0 Å². The quantitative estimate of drug-likeness (QED) is 0.395. The summed E-state index contributed by atoms with van der Waals surface area (Å²) < 4.78 is 0.802. The van der Waals surface area contributed by atoms with E-state index < -0.39 is 4.92 Å². The Morgan fingerprint density at radius 1 is 1.22 bits per heavy atom. The Balaban J connectivity index is 1.48. The Bertz CT molecular complexity index is 804. The molecule has 3 rings (SSSR count). The number of non-ortho nitro benzene ring substituents is 1. The Hall–Kier alpha value is -1.61. The molecule has 2 heterocycles. The van der Waals surface area contributed by atoms with Gasteiger partial charge in [-0.25, -0.2) is 0 Å². The maximum atomic E-state index is 12.7. The molecule has 1 atom stereocenters. The zero-order valence-electron chi connectivity index (χ0n) is 14.8. The van der Waals surface area contributed by atoms with Gasteiger partial charge in [-0.15, -0.1) is 23.1 Å². The lowest BCUT2D eigenvalue weighted by Gasteiger charge is -2.35. The first-order valence-electron chi connectivity index (χ1n) is 8.59. The maximum absolute atomic E-state index is 12.7. The average molecular weight is 426 g/mol. The van der Waals surface area contributed by atoms with E-state index in [4.69, 9.17) is 11.6 Å². The highest BCUT2D eigenvalue weighted by atomic mass is 35.5. The van der Waals surface area contributed by atoms with Gasteiger partial charge in [0.2, 0.25) is 5.91 Å². The molecule has 0 unspecified atom stereocenters. The van der Waals surface area contributed by atoms with Crippen molar-refractivity contribution in [1.82, 2.24) is 9.80 Å². The predicted molar refractivity (Wildman–Crippen MR) is 110 cm³/mol. The second kappa shape index (κ2) is 9.05. The maximum Gasteiger partial charge on any atom is 0.269 e. The number of hydrogen-bond donors (Lipinski definition) is 0. The smallest absolute Gasteiger partial charge is 0.269 e. The molecule has 1 aromatic carbocycles. The molecular weight excluding hydrogens is 406 g/mol. The lowest BCUT2D eigenvalue weighted by Crippen LogP contribution is -2.50. The minimum Gasteiger partial charge on any atom is -0.339 e. The van der Waals surface area contributed by atoms with Crippen molar-refractivity contribution in [2.75, 3.05) is 26.2 Å². The molecule has 0 spiro atoms. The van der Waals surface area contributed by atoms with Crippen LogP contribution >= 0.6 is 34.7 Å². The van der Waals surface area contributed by atoms with Crippen LogP contribution in [0.5, 0.6) is 0 Å². The lowest BCUT2D eigenvalue weighted by atomic mass is 10.2. The first-order valence-corrected chi connectivity index (χ1v) is 10.7. The summed E-state index contributed by atoms with van der Waals surface area (Å²) >= 11 is 9.01. The Labute approximate surface area is 171 Å². The summed E-state index contributed by atoms with van der Waals surface area (Å²) in [5.74, 6) is 0.108. The molecule has 1 saturated heterocycles. The fraction of sp³-hybridized carbons (Fsp3) is 0.389. The third-order valence-electron chi connectivity index (χ3n) is 4.40. The number of thioether (sulfide) groups is 1. The molecule has 0 bridgehead atoms. The highest BCUT2D eigenvalue weighted by molar-refractivity contribution is 8.00. The highest BCUT2D eigenvalue weighted by Gasteiger charge is 2.25. The van der Waals surface area contributed by atoms with Crippen molar-refractivity contribution in [3.05, 3.63) is 55.7 Å². The normalized spacial score (nSPS) is 16.3. The molecule has 2 aromatic rings. The molecule has 0 saturated carbocycles. The number of nitro groups is 1. The van der Waals surface area contributed by atoms with E-state index in [1.165, 1.54) is 28.8 Å². The van der Waals surface area contributed by atoms with Crippen LogP contribution in [0.3, 0.4) is 0 Å². The summed E-state index contributed by atoms with van der Waals surface area (Å²) in [4.78, 5) is 29.3. The molecule has 27 heavy (non-hydrogen) atoms. The molecule has 9 heteroatoms. The van der Waals surface area contributed by atoms with E-state index in [1.54, 1.807) is 23.5 Å². The van der Waals surface area contributed by atoms with Crippen LogP contribution in [0.1, 0.15) is 11.8 Å². The molecule has 1 amide bonds. The van der Waals surface area contributed by atoms with Gasteiger partial charge in [0.1, 0.15) is 0 Å². The summed E-state index contributed by atoms with van der Waals surface area (Å²) in [7, 11) is 0. The van der Waals surface area contributed by atoms with Crippen LogP contribution in [0.25, 0.3) is 0 Å². The Morgan fingerprint density at radius 3 is 2.44 bits per heavy atom. The SMILES string of the molecule is C[C@@H](Sc1ccc([N+](=O)[O-])cc1)C(=O)N1CCN(Cc2ccc(Cl)s2)CC1. The van der Waals surface area contributed by atoms with Gasteiger partial charge in [-0.1, -0.05) is 11.6 Å². The molecular formula is C18H20ClN3O3S2. The van der Waals surface area contributed by atoms with Crippen LogP contribution in [0.2, 0.25) is 4.34 Å². The third kappa shape index (κ3) is 5.44. The van der Waals surface area contributed by atoms with Crippen molar-refractivity contribution in [2.24, 2.45) is 0 Å². The highest BCUT2D eigenvalue weighted by Crippen LogP contribution is 2.27. The van der Waals surface area contributed by atoms with Gasteiger partial charge < -0.3 is 4.90 Å². The van der Waals surface area contributed by atoms with Gasteiger partial charge in [0, 0.05) is 54.6 Å². The van der Waals surface area contributed by atoms with Gasteiger partial charge in [0.25, 0.3) is 5.69 Å². The fourth-order valence-corrected chi connectivity index (χ4v) is 5.02. The number of amides is 1. The number of carbonyl (C=O) groups excluding carboxylic acids is 1. The number of thiophene rings is 1. The van der Waals surface area contributed by atoms with Crippen LogP contribution in [-0.2, 0) is 11.3 Å². The predicted octanol–water partition coefficient (Wildman–Crippen LogP) is 4.13. The summed E-state index contributed by atoms with van der Waals surface area (Å²) in [6.45, 7) is 5.86. The molecule has 0 N–H and O–H groups in total. The van der Waals surface area contributed by atoms with Crippen LogP contribution in [0.15, 0.2) is 41.3 Å². The monoisotopic (exact) mass is 425 g/mol. The molecule has 0 radical (unpaired) electrons. The molecule has 1 aromatic heterocycles. The van der Waals surface area contributed by atoms with Gasteiger partial charge in [-0.2, -0.15) is 0 Å². The average Bonchev–Trinajstić information content (AvgIpc) is 3.07. The standard InChI is InChI=1S/C18H20ClN3O3S2/c1-13(26-15-4-2-14(3-5-15)22(24)25)18(23)21-10-8-20(9-11-21)12-16-6-7-17(19)27-16/h2-7,13H,8-12H2,1H3/t13-/m1/s1. The van der Waals surface area contributed by atoms with Crippen molar-refractivity contribution in [3.8, 4) is 0 Å². The van der Waals surface area contributed by atoms with Crippen molar-refractivity contribution >= 4 is 46.3 Å². The first-order chi connectivity index (χ1) is 12.9. The van der Waals surface area contributed by atoms with Crippen LogP contribution in [-0.4, -0.2) is 52.1 Å².